The highest BCUT2D eigenvalue weighted by Crippen LogP contribution is 2.34. The van der Waals surface area contributed by atoms with E-state index >= 15 is 0 Å². The molecule has 1 aliphatic rings. The van der Waals surface area contributed by atoms with Gasteiger partial charge in [-0.05, 0) is 6.92 Å². The number of hydrogen-bond acceptors (Lipinski definition) is 6. The number of carbonyl (C=O) groups excluding carboxylic acids is 1. The minimum Gasteiger partial charge on any atom is -0.384 e. The van der Waals surface area contributed by atoms with Crippen molar-refractivity contribution >= 4 is 17.1 Å². The lowest BCUT2D eigenvalue weighted by molar-refractivity contribution is -0.147. The zero-order valence-corrected chi connectivity index (χ0v) is 10.7. The summed E-state index contributed by atoms with van der Waals surface area (Å²) in [5.41, 5.74) is 0. The SMILES string of the molecule is COCCC(=O)c1ncc(C2(C)OCCO2)s1. The lowest BCUT2D eigenvalue weighted by atomic mass is 10.3. The van der Waals surface area contributed by atoms with Crippen molar-refractivity contribution in [1.29, 1.82) is 0 Å². The molecule has 0 saturated carbocycles. The Bertz CT molecular complexity index is 398. The molecule has 0 atom stereocenters. The van der Waals surface area contributed by atoms with Gasteiger partial charge in [0.1, 0.15) is 0 Å². The van der Waals surface area contributed by atoms with Gasteiger partial charge in [0.05, 0.1) is 24.7 Å². The maximum atomic E-state index is 11.7. The summed E-state index contributed by atoms with van der Waals surface area (Å²) in [5.74, 6) is -0.748. The van der Waals surface area contributed by atoms with Crippen LogP contribution in [-0.4, -0.2) is 37.7 Å². The third-order valence-corrected chi connectivity index (χ3v) is 3.79. The molecule has 2 rings (SSSR count). The molecule has 1 fully saturated rings. The number of aromatic nitrogens is 1. The molecule has 2 heterocycles. The van der Waals surface area contributed by atoms with Gasteiger partial charge in [0.2, 0.25) is 5.79 Å². The molecule has 5 nitrogen and oxygen atoms in total. The second kappa shape index (κ2) is 5.22. The van der Waals surface area contributed by atoms with Crippen molar-refractivity contribution in [2.45, 2.75) is 19.1 Å². The Labute approximate surface area is 104 Å². The Morgan fingerprint density at radius 1 is 1.59 bits per heavy atom. The minimum absolute atomic E-state index is 0.00954. The standard InChI is InChI=1S/C11H15NO4S/c1-11(15-5-6-16-11)9-7-12-10(17-9)8(13)3-4-14-2/h7H,3-6H2,1-2H3. The molecule has 6 heteroatoms. The molecule has 0 aliphatic carbocycles. The molecule has 1 aromatic heterocycles. The fourth-order valence-corrected chi connectivity index (χ4v) is 2.51. The first-order valence-electron chi connectivity index (χ1n) is 5.42. The van der Waals surface area contributed by atoms with E-state index in [-0.39, 0.29) is 5.78 Å². The number of nitrogens with zero attached hydrogens (tertiary/aromatic N) is 1. The monoisotopic (exact) mass is 257 g/mol. The van der Waals surface area contributed by atoms with Gasteiger partial charge in [0.25, 0.3) is 0 Å². The average Bonchev–Trinajstić information content (AvgIpc) is 2.95. The summed E-state index contributed by atoms with van der Waals surface area (Å²) in [6.07, 6.45) is 2.00. The van der Waals surface area contributed by atoms with Crippen LogP contribution in [0.25, 0.3) is 0 Å². The number of rotatable bonds is 5. The predicted octanol–water partition coefficient (Wildman–Crippen LogP) is 1.58. The Balaban J connectivity index is 2.07. The number of carbonyl (C=O) groups is 1. The second-order valence-electron chi connectivity index (χ2n) is 3.84. The van der Waals surface area contributed by atoms with Crippen LogP contribution in [0.2, 0.25) is 0 Å². The number of hydrogen-bond donors (Lipinski definition) is 0. The number of Topliss-reactive ketones (excluding diaryl/α,β-unsaturated/α-hetero) is 1. The third-order valence-electron chi connectivity index (χ3n) is 2.56. The molecular weight excluding hydrogens is 242 g/mol. The Morgan fingerprint density at radius 3 is 2.94 bits per heavy atom. The number of thiazole rings is 1. The van der Waals surface area contributed by atoms with Crippen molar-refractivity contribution in [3.05, 3.63) is 16.1 Å². The highest BCUT2D eigenvalue weighted by molar-refractivity contribution is 7.13. The van der Waals surface area contributed by atoms with Crippen LogP contribution in [0.5, 0.6) is 0 Å². The number of methoxy groups -OCH3 is 1. The summed E-state index contributed by atoms with van der Waals surface area (Å²) in [5, 5.41) is 0.484. The topological polar surface area (TPSA) is 57.7 Å². The Kier molecular flexibility index (Phi) is 3.88. The molecule has 0 bridgehead atoms. The predicted molar refractivity (Wildman–Crippen MR) is 62.2 cm³/mol. The number of ketones is 1. The van der Waals surface area contributed by atoms with Crippen molar-refractivity contribution in [3.8, 4) is 0 Å². The minimum atomic E-state index is -0.739. The van der Waals surface area contributed by atoms with Crippen molar-refractivity contribution < 1.29 is 19.0 Å². The van der Waals surface area contributed by atoms with Crippen LogP contribution in [0.15, 0.2) is 6.20 Å². The molecule has 0 aromatic carbocycles. The van der Waals surface area contributed by atoms with Gasteiger partial charge in [0.15, 0.2) is 10.8 Å². The summed E-state index contributed by atoms with van der Waals surface area (Å²) in [6, 6.07) is 0. The van der Waals surface area contributed by atoms with Crippen molar-refractivity contribution in [3.63, 3.8) is 0 Å². The lowest BCUT2D eigenvalue weighted by Crippen LogP contribution is -2.20. The molecule has 0 radical (unpaired) electrons. The van der Waals surface area contributed by atoms with Gasteiger partial charge in [-0.25, -0.2) is 4.98 Å². The molecule has 0 spiro atoms. The van der Waals surface area contributed by atoms with E-state index < -0.39 is 5.79 Å². The Morgan fingerprint density at radius 2 is 2.29 bits per heavy atom. The van der Waals surface area contributed by atoms with E-state index in [1.165, 1.54) is 11.3 Å². The van der Waals surface area contributed by atoms with E-state index in [0.717, 1.165) is 4.88 Å². The summed E-state index contributed by atoms with van der Waals surface area (Å²) in [7, 11) is 1.57. The molecule has 0 N–H and O–H groups in total. The molecule has 0 unspecified atom stereocenters. The van der Waals surface area contributed by atoms with Crippen LogP contribution in [0, 0.1) is 0 Å². The van der Waals surface area contributed by atoms with Gasteiger partial charge in [-0.3, -0.25) is 4.79 Å². The van der Waals surface area contributed by atoms with Gasteiger partial charge in [-0.2, -0.15) is 0 Å². The Hall–Kier alpha value is -0.820. The smallest absolute Gasteiger partial charge is 0.203 e. The van der Waals surface area contributed by atoms with Crippen LogP contribution in [0.3, 0.4) is 0 Å². The molecule has 1 aliphatic heterocycles. The zero-order valence-electron chi connectivity index (χ0n) is 9.89. The molecule has 1 saturated heterocycles. The normalized spacial score (nSPS) is 18.5. The van der Waals surface area contributed by atoms with Gasteiger partial charge < -0.3 is 14.2 Å². The largest absolute Gasteiger partial charge is 0.384 e. The summed E-state index contributed by atoms with van der Waals surface area (Å²) in [4.78, 5) is 16.7. The fraction of sp³-hybridized carbons (Fsp3) is 0.636. The summed E-state index contributed by atoms with van der Waals surface area (Å²) in [6.45, 7) is 3.40. The van der Waals surface area contributed by atoms with Gasteiger partial charge in [-0.1, -0.05) is 0 Å². The van der Waals surface area contributed by atoms with Crippen molar-refractivity contribution in [2.24, 2.45) is 0 Å². The van der Waals surface area contributed by atoms with Crippen LogP contribution >= 0.6 is 11.3 Å². The molecular formula is C11H15NO4S. The average molecular weight is 257 g/mol. The fourth-order valence-electron chi connectivity index (χ4n) is 1.57. The van der Waals surface area contributed by atoms with E-state index in [9.17, 15) is 4.79 Å². The third kappa shape index (κ3) is 2.71. The van der Waals surface area contributed by atoms with E-state index in [1.54, 1.807) is 13.3 Å². The van der Waals surface area contributed by atoms with Gasteiger partial charge >= 0.3 is 0 Å². The first-order valence-corrected chi connectivity index (χ1v) is 6.24. The van der Waals surface area contributed by atoms with Crippen LogP contribution in [0.4, 0.5) is 0 Å². The van der Waals surface area contributed by atoms with Gasteiger partial charge in [0, 0.05) is 19.7 Å². The van der Waals surface area contributed by atoms with Crippen molar-refractivity contribution in [1.82, 2.24) is 4.98 Å². The maximum Gasteiger partial charge on any atom is 0.203 e. The highest BCUT2D eigenvalue weighted by atomic mass is 32.1. The molecule has 0 amide bonds. The maximum absolute atomic E-state index is 11.7. The van der Waals surface area contributed by atoms with E-state index in [4.69, 9.17) is 14.2 Å². The highest BCUT2D eigenvalue weighted by Gasteiger charge is 2.35. The summed E-state index contributed by atoms with van der Waals surface area (Å²) >= 11 is 1.32. The summed E-state index contributed by atoms with van der Waals surface area (Å²) < 4.78 is 15.9. The van der Waals surface area contributed by atoms with Crippen molar-refractivity contribution in [2.75, 3.05) is 26.9 Å². The molecule has 17 heavy (non-hydrogen) atoms. The first kappa shape index (κ1) is 12.6. The second-order valence-corrected chi connectivity index (χ2v) is 4.87. The molecule has 1 aromatic rings. The van der Waals surface area contributed by atoms with E-state index in [1.807, 2.05) is 6.92 Å². The van der Waals surface area contributed by atoms with Crippen LogP contribution in [0.1, 0.15) is 28.0 Å². The van der Waals surface area contributed by atoms with Gasteiger partial charge in [-0.15, -0.1) is 11.3 Å². The zero-order chi connectivity index (χ0) is 12.3. The molecule has 94 valence electrons. The van der Waals surface area contributed by atoms with Crippen LogP contribution < -0.4 is 0 Å². The van der Waals surface area contributed by atoms with E-state index in [0.29, 0.717) is 31.2 Å². The van der Waals surface area contributed by atoms with E-state index in [2.05, 4.69) is 4.98 Å². The first-order chi connectivity index (χ1) is 8.15. The number of ether oxygens (including phenoxy) is 3. The quantitative estimate of drug-likeness (QED) is 0.750. The van der Waals surface area contributed by atoms with Crippen LogP contribution in [-0.2, 0) is 20.0 Å². The lowest BCUT2D eigenvalue weighted by Gasteiger charge is -2.19.